The second-order valence-corrected chi connectivity index (χ2v) is 12.1. The van der Waals surface area contributed by atoms with Gasteiger partial charge in [-0.1, -0.05) is 61.7 Å². The van der Waals surface area contributed by atoms with Gasteiger partial charge in [0.05, 0.1) is 18.1 Å². The summed E-state index contributed by atoms with van der Waals surface area (Å²) in [6.07, 6.45) is 5.70. The normalized spacial score (nSPS) is 26.5. The number of rotatable bonds is 12. The highest BCUT2D eigenvalue weighted by Gasteiger charge is 2.41. The number of hydrogen-bond donors (Lipinski definition) is 3. The van der Waals surface area contributed by atoms with Crippen molar-refractivity contribution in [3.8, 4) is 0 Å². The van der Waals surface area contributed by atoms with Gasteiger partial charge < -0.3 is 25.5 Å². The molecule has 2 aliphatic heterocycles. The van der Waals surface area contributed by atoms with Gasteiger partial charge in [0.15, 0.2) is 0 Å². The average molecular weight is 569 g/mol. The minimum Gasteiger partial charge on any atom is -0.389 e. The van der Waals surface area contributed by atoms with Crippen molar-refractivity contribution in [3.05, 3.63) is 59.2 Å². The fourth-order valence-electron chi connectivity index (χ4n) is 6.25. The lowest BCUT2D eigenvalue weighted by Crippen LogP contribution is -2.63. The Labute approximate surface area is 243 Å². The molecule has 0 radical (unpaired) electrons. The summed E-state index contributed by atoms with van der Waals surface area (Å²) in [6, 6.07) is 7.89. The second kappa shape index (κ2) is 13.7. The SMILES string of the molecule is CCCCCN1CC(C(=O)NC(CC2=CC(C)(F)CC(C)=C2)[C@H](O)[C@@H]2NCCN(Cc3ccccc3)C2=O)CC1=O. The van der Waals surface area contributed by atoms with E-state index in [1.165, 1.54) is 13.0 Å². The predicted octanol–water partition coefficient (Wildman–Crippen LogP) is 3.27. The van der Waals surface area contributed by atoms with Crippen LogP contribution in [0.4, 0.5) is 4.39 Å². The highest BCUT2D eigenvalue weighted by Crippen LogP contribution is 2.32. The summed E-state index contributed by atoms with van der Waals surface area (Å²) in [5.41, 5.74) is 0.995. The number of aliphatic hydroxyl groups excluding tert-OH is 1. The largest absolute Gasteiger partial charge is 0.389 e. The highest BCUT2D eigenvalue weighted by molar-refractivity contribution is 5.89. The third-order valence-electron chi connectivity index (χ3n) is 8.24. The van der Waals surface area contributed by atoms with E-state index in [1.54, 1.807) is 9.80 Å². The van der Waals surface area contributed by atoms with E-state index in [-0.39, 0.29) is 37.0 Å². The summed E-state index contributed by atoms with van der Waals surface area (Å²) in [7, 11) is 0. The molecule has 2 saturated heterocycles. The van der Waals surface area contributed by atoms with Gasteiger partial charge in [-0.2, -0.15) is 0 Å². The Morgan fingerprint density at radius 3 is 2.68 bits per heavy atom. The summed E-state index contributed by atoms with van der Waals surface area (Å²) in [5.74, 6) is -1.15. The molecule has 0 bridgehead atoms. The van der Waals surface area contributed by atoms with Crippen LogP contribution in [-0.4, -0.2) is 82.7 Å². The molecular formula is C32H45FN4O4. The van der Waals surface area contributed by atoms with Gasteiger partial charge in [-0.05, 0) is 43.9 Å². The van der Waals surface area contributed by atoms with Gasteiger partial charge in [0.2, 0.25) is 17.7 Å². The van der Waals surface area contributed by atoms with Crippen molar-refractivity contribution >= 4 is 17.7 Å². The maximum Gasteiger partial charge on any atom is 0.242 e. The van der Waals surface area contributed by atoms with Gasteiger partial charge in [-0.3, -0.25) is 14.4 Å². The number of nitrogens with one attached hydrogen (secondary N) is 2. The molecule has 1 aromatic rings. The van der Waals surface area contributed by atoms with Crippen molar-refractivity contribution in [1.82, 2.24) is 20.4 Å². The molecule has 41 heavy (non-hydrogen) atoms. The summed E-state index contributed by atoms with van der Waals surface area (Å²) in [5, 5.41) is 17.7. The number of halogens is 1. The molecule has 5 atom stereocenters. The van der Waals surface area contributed by atoms with E-state index in [2.05, 4.69) is 17.6 Å². The average Bonchev–Trinajstić information content (AvgIpc) is 3.29. The fraction of sp³-hybridized carbons (Fsp3) is 0.594. The first-order chi connectivity index (χ1) is 19.6. The molecule has 8 nitrogen and oxygen atoms in total. The molecule has 3 amide bonds. The van der Waals surface area contributed by atoms with Gasteiger partial charge in [0.1, 0.15) is 11.7 Å². The quantitative estimate of drug-likeness (QED) is 0.336. The van der Waals surface area contributed by atoms with E-state index in [1.807, 2.05) is 43.3 Å². The topological polar surface area (TPSA) is 102 Å². The summed E-state index contributed by atoms with van der Waals surface area (Å²) in [6.45, 7) is 7.86. The van der Waals surface area contributed by atoms with E-state index in [0.29, 0.717) is 38.3 Å². The first-order valence-electron chi connectivity index (χ1n) is 15.0. The molecule has 224 valence electrons. The van der Waals surface area contributed by atoms with Gasteiger partial charge in [0, 0.05) is 45.6 Å². The second-order valence-electron chi connectivity index (χ2n) is 12.1. The van der Waals surface area contributed by atoms with Crippen molar-refractivity contribution in [1.29, 1.82) is 0 Å². The molecule has 9 heteroatoms. The minimum atomic E-state index is -1.53. The number of unbranched alkanes of at least 4 members (excludes halogenated alkanes) is 2. The Hall–Kier alpha value is -3.04. The maximum absolute atomic E-state index is 15.0. The first-order valence-corrected chi connectivity index (χ1v) is 15.0. The monoisotopic (exact) mass is 568 g/mol. The number of amides is 3. The van der Waals surface area contributed by atoms with Crippen LogP contribution < -0.4 is 10.6 Å². The van der Waals surface area contributed by atoms with Crippen LogP contribution in [-0.2, 0) is 20.9 Å². The number of likely N-dealkylation sites (tertiary alicyclic amines) is 1. The molecular weight excluding hydrogens is 523 g/mol. The zero-order chi connectivity index (χ0) is 29.6. The lowest BCUT2D eigenvalue weighted by atomic mass is 9.85. The number of carbonyl (C=O) groups excluding carboxylic acids is 3. The molecule has 0 saturated carbocycles. The standard InChI is InChI=1S/C32H45FN4O4/c1-4-5-9-13-36-21-25(17-27(36)38)30(40)35-26(16-24-15-22(2)18-32(3,33)19-24)29(39)28-31(41)37(14-12-34-28)20-23-10-7-6-8-11-23/h6-8,10-11,15,19,25-26,28-29,34,39H,4-5,9,12-14,16-18,20-21H2,1-3H3,(H,35,40)/t25?,26?,28-,29-,32?/m0/s1. The van der Waals surface area contributed by atoms with Crippen molar-refractivity contribution in [2.24, 2.45) is 5.92 Å². The smallest absolute Gasteiger partial charge is 0.242 e. The number of hydrogen-bond acceptors (Lipinski definition) is 5. The van der Waals surface area contributed by atoms with E-state index >= 15 is 4.39 Å². The molecule has 1 aromatic carbocycles. The van der Waals surface area contributed by atoms with E-state index in [0.717, 1.165) is 30.4 Å². The van der Waals surface area contributed by atoms with Crippen molar-refractivity contribution in [2.75, 3.05) is 26.2 Å². The Kier molecular flexibility index (Phi) is 10.4. The zero-order valence-corrected chi connectivity index (χ0v) is 24.6. The molecule has 4 rings (SSSR count). The summed E-state index contributed by atoms with van der Waals surface area (Å²) >= 11 is 0. The van der Waals surface area contributed by atoms with Crippen LogP contribution in [0.25, 0.3) is 0 Å². The fourth-order valence-corrected chi connectivity index (χ4v) is 6.25. The van der Waals surface area contributed by atoms with Gasteiger partial charge in [-0.15, -0.1) is 0 Å². The number of aliphatic hydroxyl groups is 1. The Balaban J connectivity index is 1.50. The Morgan fingerprint density at radius 1 is 1.22 bits per heavy atom. The van der Waals surface area contributed by atoms with Crippen LogP contribution in [0.1, 0.15) is 64.9 Å². The molecule has 3 unspecified atom stereocenters. The van der Waals surface area contributed by atoms with Crippen LogP contribution in [0.15, 0.2) is 53.6 Å². The maximum atomic E-state index is 15.0. The van der Waals surface area contributed by atoms with Crippen LogP contribution in [0.2, 0.25) is 0 Å². The number of nitrogens with zero attached hydrogens (tertiary/aromatic N) is 2. The first kappa shape index (κ1) is 30.9. The van der Waals surface area contributed by atoms with E-state index in [4.69, 9.17) is 0 Å². The Bertz CT molecular complexity index is 1150. The number of benzene rings is 1. The van der Waals surface area contributed by atoms with Crippen LogP contribution >= 0.6 is 0 Å². The van der Waals surface area contributed by atoms with Crippen molar-refractivity contribution < 1.29 is 23.9 Å². The van der Waals surface area contributed by atoms with Crippen LogP contribution in [0.5, 0.6) is 0 Å². The number of piperazine rings is 1. The van der Waals surface area contributed by atoms with Gasteiger partial charge in [0.25, 0.3) is 0 Å². The van der Waals surface area contributed by atoms with Crippen LogP contribution in [0.3, 0.4) is 0 Å². The Morgan fingerprint density at radius 2 is 1.98 bits per heavy atom. The number of allylic oxidation sites excluding steroid dienone is 3. The van der Waals surface area contributed by atoms with Crippen molar-refractivity contribution in [2.45, 2.75) is 89.7 Å². The third-order valence-corrected chi connectivity index (χ3v) is 8.24. The van der Waals surface area contributed by atoms with Crippen LogP contribution in [0, 0.1) is 5.92 Å². The highest BCUT2D eigenvalue weighted by atomic mass is 19.1. The molecule has 0 spiro atoms. The molecule has 3 aliphatic rings. The van der Waals surface area contributed by atoms with E-state index < -0.39 is 29.8 Å². The van der Waals surface area contributed by atoms with Gasteiger partial charge in [-0.25, -0.2) is 4.39 Å². The molecule has 1 aliphatic carbocycles. The molecule has 2 heterocycles. The third kappa shape index (κ3) is 8.26. The lowest BCUT2D eigenvalue weighted by Gasteiger charge is -2.38. The molecule has 3 N–H and O–H groups in total. The molecule has 2 fully saturated rings. The minimum absolute atomic E-state index is 0.0410. The predicted molar refractivity (Wildman–Crippen MR) is 156 cm³/mol. The van der Waals surface area contributed by atoms with E-state index in [9.17, 15) is 19.5 Å². The lowest BCUT2D eigenvalue weighted by molar-refractivity contribution is -0.141. The zero-order valence-electron chi connectivity index (χ0n) is 24.6. The van der Waals surface area contributed by atoms with Crippen molar-refractivity contribution in [3.63, 3.8) is 0 Å². The molecule has 0 aromatic heterocycles. The summed E-state index contributed by atoms with van der Waals surface area (Å²) < 4.78 is 15.0. The number of alkyl halides is 1. The summed E-state index contributed by atoms with van der Waals surface area (Å²) in [4.78, 5) is 43.0. The number of carbonyl (C=O) groups is 3. The van der Waals surface area contributed by atoms with Gasteiger partial charge >= 0.3 is 0 Å².